The van der Waals surface area contributed by atoms with Crippen LogP contribution in [0.5, 0.6) is 0 Å². The van der Waals surface area contributed by atoms with Crippen molar-refractivity contribution in [3.05, 3.63) is 60.1 Å². The van der Waals surface area contributed by atoms with Crippen molar-refractivity contribution in [3.8, 4) is 0 Å². The molecule has 0 aliphatic heterocycles. The molecule has 1 aromatic heterocycles. The number of furan rings is 1. The molecule has 156 valence electrons. The summed E-state index contributed by atoms with van der Waals surface area (Å²) in [4.78, 5) is 29.9. The van der Waals surface area contributed by atoms with Crippen molar-refractivity contribution in [2.75, 3.05) is 6.54 Å². The number of carbonyl (C=O) groups is 2. The summed E-state index contributed by atoms with van der Waals surface area (Å²) < 4.78 is 5.47. The molecular weight excluding hydrogens is 364 g/mol. The van der Waals surface area contributed by atoms with Gasteiger partial charge in [-0.2, -0.15) is 0 Å². The molecule has 1 aliphatic carbocycles. The van der Waals surface area contributed by atoms with Crippen LogP contribution in [0.15, 0.2) is 53.1 Å². The molecule has 2 aromatic rings. The summed E-state index contributed by atoms with van der Waals surface area (Å²) in [5, 5.41) is 0. The minimum Gasteiger partial charge on any atom is -0.467 e. The van der Waals surface area contributed by atoms with Gasteiger partial charge < -0.3 is 14.2 Å². The Bertz CT molecular complexity index is 765. The average molecular weight is 397 g/mol. The largest absolute Gasteiger partial charge is 0.467 e. The summed E-state index contributed by atoms with van der Waals surface area (Å²) in [7, 11) is 0. The number of benzene rings is 1. The fourth-order valence-electron chi connectivity index (χ4n) is 3.97. The molecule has 0 saturated heterocycles. The van der Waals surface area contributed by atoms with Gasteiger partial charge in [0, 0.05) is 18.5 Å². The third-order valence-corrected chi connectivity index (χ3v) is 5.66. The van der Waals surface area contributed by atoms with Crippen molar-refractivity contribution in [1.82, 2.24) is 9.80 Å². The predicted molar refractivity (Wildman–Crippen MR) is 113 cm³/mol. The van der Waals surface area contributed by atoms with Crippen LogP contribution in [0.2, 0.25) is 0 Å². The molecule has 1 heterocycles. The summed E-state index contributed by atoms with van der Waals surface area (Å²) in [6.45, 7) is 4.97. The standard InChI is InChI=1S/C24H32N2O3/c1-19(2)26(24(28)21-12-7-4-8-13-21)18-23(27)25(17-22-14-9-15-29-22)16-20-10-5-3-6-11-20/h3,5-6,9-11,14-15,19,21H,4,7-8,12-13,16-18H2,1-2H3. The van der Waals surface area contributed by atoms with E-state index in [1.54, 1.807) is 16.1 Å². The maximum absolute atomic E-state index is 13.3. The lowest BCUT2D eigenvalue weighted by atomic mass is 9.88. The van der Waals surface area contributed by atoms with Crippen molar-refractivity contribution in [2.24, 2.45) is 5.92 Å². The smallest absolute Gasteiger partial charge is 0.242 e. The van der Waals surface area contributed by atoms with E-state index in [1.165, 1.54) is 6.42 Å². The molecule has 0 N–H and O–H groups in total. The molecule has 5 nitrogen and oxygen atoms in total. The first-order valence-electron chi connectivity index (χ1n) is 10.7. The van der Waals surface area contributed by atoms with Gasteiger partial charge in [-0.15, -0.1) is 0 Å². The van der Waals surface area contributed by atoms with E-state index in [0.29, 0.717) is 13.1 Å². The summed E-state index contributed by atoms with van der Waals surface area (Å²) in [5.74, 6) is 0.879. The van der Waals surface area contributed by atoms with Crippen molar-refractivity contribution in [1.29, 1.82) is 0 Å². The van der Waals surface area contributed by atoms with E-state index in [0.717, 1.165) is 37.0 Å². The number of carbonyl (C=O) groups excluding carboxylic acids is 2. The molecule has 3 rings (SSSR count). The van der Waals surface area contributed by atoms with Gasteiger partial charge in [0.05, 0.1) is 12.8 Å². The lowest BCUT2D eigenvalue weighted by molar-refractivity contribution is -0.146. The van der Waals surface area contributed by atoms with Gasteiger partial charge in [0.15, 0.2) is 0 Å². The van der Waals surface area contributed by atoms with E-state index in [-0.39, 0.29) is 30.3 Å². The van der Waals surface area contributed by atoms with Gasteiger partial charge in [0.1, 0.15) is 12.3 Å². The van der Waals surface area contributed by atoms with Crippen LogP contribution in [0.1, 0.15) is 57.3 Å². The number of hydrogen-bond donors (Lipinski definition) is 0. The van der Waals surface area contributed by atoms with Crippen LogP contribution in [0.4, 0.5) is 0 Å². The van der Waals surface area contributed by atoms with Crippen LogP contribution in [-0.2, 0) is 22.7 Å². The van der Waals surface area contributed by atoms with E-state index in [9.17, 15) is 9.59 Å². The minimum atomic E-state index is -0.0527. The molecular formula is C24H32N2O3. The Morgan fingerprint density at radius 1 is 1.00 bits per heavy atom. The maximum atomic E-state index is 13.3. The zero-order valence-corrected chi connectivity index (χ0v) is 17.5. The molecule has 5 heteroatoms. The molecule has 2 amide bonds. The van der Waals surface area contributed by atoms with Crippen molar-refractivity contribution in [2.45, 2.75) is 65.1 Å². The summed E-state index contributed by atoms with van der Waals surface area (Å²) in [6.07, 6.45) is 6.92. The zero-order valence-electron chi connectivity index (χ0n) is 17.5. The van der Waals surface area contributed by atoms with E-state index >= 15 is 0 Å². The van der Waals surface area contributed by atoms with Crippen LogP contribution in [-0.4, -0.2) is 34.2 Å². The first-order valence-corrected chi connectivity index (χ1v) is 10.7. The zero-order chi connectivity index (χ0) is 20.6. The van der Waals surface area contributed by atoms with Crippen molar-refractivity contribution >= 4 is 11.8 Å². The molecule has 29 heavy (non-hydrogen) atoms. The fourth-order valence-corrected chi connectivity index (χ4v) is 3.97. The lowest BCUT2D eigenvalue weighted by Crippen LogP contribution is -2.47. The number of nitrogens with zero attached hydrogens (tertiary/aromatic N) is 2. The van der Waals surface area contributed by atoms with Crippen LogP contribution in [0.3, 0.4) is 0 Å². The van der Waals surface area contributed by atoms with Crippen LogP contribution in [0.25, 0.3) is 0 Å². The summed E-state index contributed by atoms with van der Waals surface area (Å²) in [5.41, 5.74) is 1.06. The molecule has 0 radical (unpaired) electrons. The molecule has 0 atom stereocenters. The predicted octanol–water partition coefficient (Wildman–Crippen LogP) is 4.63. The summed E-state index contributed by atoms with van der Waals surface area (Å²) >= 11 is 0. The molecule has 1 fully saturated rings. The Labute approximate surface area is 173 Å². The summed E-state index contributed by atoms with van der Waals surface area (Å²) in [6, 6.07) is 13.6. The van der Waals surface area contributed by atoms with Gasteiger partial charge in [0.2, 0.25) is 11.8 Å². The Kier molecular flexibility index (Phi) is 7.50. The highest BCUT2D eigenvalue weighted by Gasteiger charge is 2.30. The topological polar surface area (TPSA) is 53.8 Å². The van der Waals surface area contributed by atoms with E-state index < -0.39 is 0 Å². The second-order valence-corrected chi connectivity index (χ2v) is 8.21. The Hall–Kier alpha value is -2.56. The SMILES string of the molecule is CC(C)N(CC(=O)N(Cc1ccccc1)Cc1ccco1)C(=O)C1CCCCC1. The van der Waals surface area contributed by atoms with Crippen molar-refractivity contribution < 1.29 is 14.0 Å². The fraction of sp³-hybridized carbons (Fsp3) is 0.500. The number of hydrogen-bond acceptors (Lipinski definition) is 3. The van der Waals surface area contributed by atoms with Gasteiger partial charge in [-0.3, -0.25) is 9.59 Å². The maximum Gasteiger partial charge on any atom is 0.242 e. The Balaban J connectivity index is 1.72. The van der Waals surface area contributed by atoms with Gasteiger partial charge in [-0.1, -0.05) is 49.6 Å². The van der Waals surface area contributed by atoms with Crippen LogP contribution in [0, 0.1) is 5.92 Å². The third-order valence-electron chi connectivity index (χ3n) is 5.66. The first kappa shape index (κ1) is 21.2. The molecule has 1 saturated carbocycles. The normalized spacial score (nSPS) is 14.7. The van der Waals surface area contributed by atoms with Crippen LogP contribution >= 0.6 is 0 Å². The first-order chi connectivity index (χ1) is 14.0. The number of amides is 2. The average Bonchev–Trinajstić information content (AvgIpc) is 3.25. The second kappa shape index (κ2) is 10.3. The van der Waals surface area contributed by atoms with Crippen molar-refractivity contribution in [3.63, 3.8) is 0 Å². The van der Waals surface area contributed by atoms with E-state index in [4.69, 9.17) is 4.42 Å². The Morgan fingerprint density at radius 2 is 1.72 bits per heavy atom. The highest BCUT2D eigenvalue weighted by molar-refractivity contribution is 5.86. The molecule has 0 bridgehead atoms. The van der Waals surface area contributed by atoms with E-state index in [1.807, 2.05) is 56.3 Å². The van der Waals surface area contributed by atoms with E-state index in [2.05, 4.69) is 0 Å². The molecule has 1 aliphatic rings. The lowest BCUT2D eigenvalue weighted by Gasteiger charge is -2.33. The quantitative estimate of drug-likeness (QED) is 0.654. The minimum absolute atomic E-state index is 0.00411. The Morgan fingerprint density at radius 3 is 2.34 bits per heavy atom. The van der Waals surface area contributed by atoms with Crippen LogP contribution < -0.4 is 0 Å². The van der Waals surface area contributed by atoms with Gasteiger partial charge in [-0.05, 0) is 44.4 Å². The molecule has 0 spiro atoms. The second-order valence-electron chi connectivity index (χ2n) is 8.21. The third kappa shape index (κ3) is 5.96. The van der Waals surface area contributed by atoms with Gasteiger partial charge in [-0.25, -0.2) is 0 Å². The van der Waals surface area contributed by atoms with Gasteiger partial charge >= 0.3 is 0 Å². The number of rotatable bonds is 8. The highest BCUT2D eigenvalue weighted by atomic mass is 16.3. The molecule has 1 aromatic carbocycles. The monoisotopic (exact) mass is 396 g/mol. The molecule has 0 unspecified atom stereocenters. The van der Waals surface area contributed by atoms with Gasteiger partial charge in [0.25, 0.3) is 0 Å². The highest BCUT2D eigenvalue weighted by Crippen LogP contribution is 2.26.